The quantitative estimate of drug-likeness (QED) is 0.195. The van der Waals surface area contributed by atoms with Gasteiger partial charge in [0.1, 0.15) is 28.5 Å². The highest BCUT2D eigenvalue weighted by Gasteiger charge is 2.58. The van der Waals surface area contributed by atoms with Gasteiger partial charge in [-0.2, -0.15) is 18.2 Å². The summed E-state index contributed by atoms with van der Waals surface area (Å²) in [5, 5.41) is 11.4. The van der Waals surface area contributed by atoms with Crippen LogP contribution in [0.1, 0.15) is 66.9 Å². The number of ether oxygens (including phenoxy) is 2. The molecule has 0 spiro atoms. The second-order valence-electron chi connectivity index (χ2n) is 14.6. The highest BCUT2D eigenvalue weighted by molar-refractivity contribution is 6.00. The molecule has 1 saturated heterocycles. The average molecular weight is 708 g/mol. The first-order valence-electron chi connectivity index (χ1n) is 17.5. The summed E-state index contributed by atoms with van der Waals surface area (Å²) >= 11 is 0. The number of likely N-dealkylation sites (tertiary alicyclic amines) is 1. The Morgan fingerprint density at radius 3 is 2.51 bits per heavy atom. The molecule has 5 fully saturated rings. The van der Waals surface area contributed by atoms with Gasteiger partial charge in [0, 0.05) is 51.4 Å². The number of para-hydroxylation sites is 1. The number of anilines is 4. The van der Waals surface area contributed by atoms with Crippen molar-refractivity contribution in [2.24, 2.45) is 17.8 Å². The van der Waals surface area contributed by atoms with Crippen molar-refractivity contribution >= 4 is 35.0 Å². The van der Waals surface area contributed by atoms with E-state index in [9.17, 15) is 22.8 Å². The number of methoxy groups -OCH3 is 1. The van der Waals surface area contributed by atoms with E-state index < -0.39 is 23.5 Å². The van der Waals surface area contributed by atoms with Crippen molar-refractivity contribution in [3.63, 3.8) is 0 Å². The summed E-state index contributed by atoms with van der Waals surface area (Å²) < 4.78 is 54.8. The van der Waals surface area contributed by atoms with Gasteiger partial charge in [0.15, 0.2) is 0 Å². The van der Waals surface area contributed by atoms with Crippen LogP contribution in [0.3, 0.4) is 0 Å². The van der Waals surface area contributed by atoms with E-state index in [1.54, 1.807) is 38.1 Å². The zero-order valence-electron chi connectivity index (χ0n) is 29.2. The SMILES string of the molecule is CNC(=O)c1cccc(C)c1Nc1nc(Nc2ccc(OC34CC5CC(C3)C(N3CCC(NC(C)=O)C3)C(C5)C4)cc2OC)ncc1C(F)(F)F. The van der Waals surface area contributed by atoms with E-state index in [1.165, 1.54) is 33.1 Å². The molecule has 2 amide bonds. The molecule has 8 rings (SSSR count). The van der Waals surface area contributed by atoms with Crippen LogP contribution in [0.4, 0.5) is 36.3 Å². The van der Waals surface area contributed by atoms with E-state index >= 15 is 0 Å². The molecule has 4 aliphatic carbocycles. The molecule has 5 aliphatic rings. The molecule has 4 bridgehead atoms. The lowest BCUT2D eigenvalue weighted by Gasteiger charge is -2.61. The predicted octanol–water partition coefficient (Wildman–Crippen LogP) is 6.20. The van der Waals surface area contributed by atoms with Gasteiger partial charge in [-0.05, 0) is 87.0 Å². The monoisotopic (exact) mass is 707 g/mol. The number of hydrogen-bond acceptors (Lipinski definition) is 9. The van der Waals surface area contributed by atoms with Gasteiger partial charge >= 0.3 is 6.18 Å². The van der Waals surface area contributed by atoms with E-state index in [4.69, 9.17) is 9.47 Å². The maximum absolute atomic E-state index is 14.1. The molecule has 2 aromatic carbocycles. The molecule has 3 aromatic rings. The van der Waals surface area contributed by atoms with Gasteiger partial charge in [-0.3, -0.25) is 14.5 Å². The Morgan fingerprint density at radius 1 is 1.06 bits per heavy atom. The Kier molecular flexibility index (Phi) is 9.23. The molecule has 4 N–H and O–H groups in total. The zero-order valence-corrected chi connectivity index (χ0v) is 29.2. The third-order valence-corrected chi connectivity index (χ3v) is 11.1. The molecule has 3 atom stereocenters. The normalized spacial score (nSPS) is 26.8. The third-order valence-electron chi connectivity index (χ3n) is 11.1. The Morgan fingerprint density at radius 2 is 1.82 bits per heavy atom. The number of halogens is 3. The van der Waals surface area contributed by atoms with Crippen LogP contribution >= 0.6 is 0 Å². The first-order chi connectivity index (χ1) is 24.3. The molecule has 2 heterocycles. The smallest absolute Gasteiger partial charge is 0.421 e. The Bertz CT molecular complexity index is 1810. The van der Waals surface area contributed by atoms with Crippen LogP contribution in [0, 0.1) is 24.7 Å². The maximum atomic E-state index is 14.1. The molecule has 272 valence electrons. The lowest BCUT2D eigenvalue weighted by Crippen LogP contribution is -2.63. The largest absolute Gasteiger partial charge is 0.494 e. The van der Waals surface area contributed by atoms with Gasteiger partial charge in [0.25, 0.3) is 5.91 Å². The van der Waals surface area contributed by atoms with E-state index in [0.717, 1.165) is 38.8 Å². The van der Waals surface area contributed by atoms with Gasteiger partial charge in [0.2, 0.25) is 11.9 Å². The maximum Gasteiger partial charge on any atom is 0.421 e. The second kappa shape index (κ2) is 13.5. The standard InChI is InChI=1S/C37H44F3N7O4/c1-20-6-5-7-27(34(49)41-3)31(20)45-33-28(37(38,39)40)18-42-35(46-33)44-29-9-8-26(14-30(29)50-4)51-36-15-22-12-23(16-36)32(24(13-22)17-36)47-11-10-25(19-47)43-21(2)48/h5-9,14,18,22-25,32H,10-13,15-17,19H2,1-4H3,(H,41,49)(H,43,48)(H2,42,44,45,46). The third kappa shape index (κ3) is 7.02. The minimum Gasteiger partial charge on any atom is -0.494 e. The molecular formula is C37H44F3N7O4. The van der Waals surface area contributed by atoms with Crippen molar-refractivity contribution in [3.05, 3.63) is 59.3 Å². The Hall–Kier alpha value is -4.59. The van der Waals surface area contributed by atoms with Gasteiger partial charge in [-0.15, -0.1) is 0 Å². The van der Waals surface area contributed by atoms with E-state index in [-0.39, 0.29) is 34.7 Å². The van der Waals surface area contributed by atoms with Crippen molar-refractivity contribution in [2.45, 2.75) is 76.2 Å². The molecule has 0 radical (unpaired) electrons. The molecule has 1 aromatic heterocycles. The van der Waals surface area contributed by atoms with Crippen LogP contribution in [0.15, 0.2) is 42.6 Å². The van der Waals surface area contributed by atoms with Crippen molar-refractivity contribution in [3.8, 4) is 11.5 Å². The van der Waals surface area contributed by atoms with Crippen molar-refractivity contribution < 1.29 is 32.2 Å². The highest BCUT2D eigenvalue weighted by atomic mass is 19.4. The highest BCUT2D eigenvalue weighted by Crippen LogP contribution is 2.58. The van der Waals surface area contributed by atoms with Crippen LogP contribution in [0.2, 0.25) is 0 Å². The molecule has 14 heteroatoms. The topological polar surface area (TPSA) is 130 Å². The number of aryl methyl sites for hydroxylation is 1. The number of carbonyl (C=O) groups excluding carboxylic acids is 2. The van der Waals surface area contributed by atoms with Gasteiger partial charge in [-0.25, -0.2) is 4.98 Å². The Balaban J connectivity index is 1.09. The lowest BCUT2D eigenvalue weighted by atomic mass is 9.52. The van der Waals surface area contributed by atoms with Crippen LogP contribution in [-0.4, -0.2) is 71.6 Å². The number of aromatic nitrogens is 2. The fourth-order valence-corrected chi connectivity index (χ4v) is 9.34. The summed E-state index contributed by atoms with van der Waals surface area (Å²) in [6.45, 7) is 5.19. The summed E-state index contributed by atoms with van der Waals surface area (Å²) in [7, 11) is 2.97. The molecule has 11 nitrogen and oxygen atoms in total. The molecule has 51 heavy (non-hydrogen) atoms. The number of nitrogens with zero attached hydrogens (tertiary/aromatic N) is 3. The first kappa shape index (κ1) is 34.8. The molecule has 3 unspecified atom stereocenters. The van der Waals surface area contributed by atoms with Gasteiger partial charge in [0.05, 0.1) is 24.0 Å². The summed E-state index contributed by atoms with van der Waals surface area (Å²) in [4.78, 5) is 35.0. The number of amides is 2. The van der Waals surface area contributed by atoms with Gasteiger partial charge in [-0.1, -0.05) is 12.1 Å². The number of nitrogens with one attached hydrogen (secondary N) is 4. The van der Waals surface area contributed by atoms with E-state index in [2.05, 4.69) is 36.1 Å². The summed E-state index contributed by atoms with van der Waals surface area (Å²) in [5.41, 5.74) is 0.0599. The predicted molar refractivity (Wildman–Crippen MR) is 186 cm³/mol. The lowest BCUT2D eigenvalue weighted by molar-refractivity contribution is -0.144. The fraction of sp³-hybridized carbons (Fsp3) is 0.514. The summed E-state index contributed by atoms with van der Waals surface area (Å²) in [6.07, 6.45) is 2.33. The molecule has 4 saturated carbocycles. The second-order valence-corrected chi connectivity index (χ2v) is 14.6. The number of rotatable bonds is 10. The van der Waals surface area contributed by atoms with Crippen molar-refractivity contribution in [2.75, 3.05) is 37.9 Å². The van der Waals surface area contributed by atoms with Gasteiger partial charge < -0.3 is 30.7 Å². The molecule has 1 aliphatic heterocycles. The zero-order chi connectivity index (χ0) is 36.1. The van der Waals surface area contributed by atoms with Crippen molar-refractivity contribution in [1.29, 1.82) is 0 Å². The minimum atomic E-state index is -4.76. The fourth-order valence-electron chi connectivity index (χ4n) is 9.34. The summed E-state index contributed by atoms with van der Waals surface area (Å²) in [6, 6.07) is 11.0. The van der Waals surface area contributed by atoms with Crippen molar-refractivity contribution in [1.82, 2.24) is 25.5 Å². The minimum absolute atomic E-state index is 0.0281. The number of carbonyl (C=O) groups is 2. The first-order valence-corrected chi connectivity index (χ1v) is 17.5. The Labute approximate surface area is 295 Å². The number of alkyl halides is 3. The number of hydrogen-bond donors (Lipinski definition) is 4. The van der Waals surface area contributed by atoms with E-state index in [0.29, 0.717) is 52.7 Å². The summed E-state index contributed by atoms with van der Waals surface area (Å²) in [5.74, 6) is 1.78. The number of benzene rings is 2. The molecular weight excluding hydrogens is 663 g/mol. The van der Waals surface area contributed by atoms with Crippen LogP contribution in [-0.2, 0) is 11.0 Å². The van der Waals surface area contributed by atoms with Crippen LogP contribution in [0.25, 0.3) is 0 Å². The van der Waals surface area contributed by atoms with Crippen LogP contribution < -0.4 is 30.7 Å². The van der Waals surface area contributed by atoms with E-state index in [1.807, 2.05) is 6.07 Å². The van der Waals surface area contributed by atoms with Crippen LogP contribution in [0.5, 0.6) is 11.5 Å². The average Bonchev–Trinajstić information content (AvgIpc) is 3.52.